The van der Waals surface area contributed by atoms with E-state index >= 15 is 35.1 Å². The predicted molar refractivity (Wildman–Crippen MR) is 175 cm³/mol. The number of benzene rings is 5. The second-order valence-electron chi connectivity index (χ2n) is 13.2. The first-order chi connectivity index (χ1) is 28.6. The van der Waals surface area contributed by atoms with Crippen LogP contribution in [0.4, 0.5) is 87.8 Å². The van der Waals surface area contributed by atoms with Gasteiger partial charge < -0.3 is 0 Å². The lowest BCUT2D eigenvalue weighted by Gasteiger charge is -2.44. The van der Waals surface area contributed by atoms with Crippen LogP contribution in [0.5, 0.6) is 0 Å². The molecule has 2 nitrogen and oxygen atoms in total. The Morgan fingerprint density at radius 1 is 0.393 bits per heavy atom. The normalized spacial score (nSPS) is 13.5. The second kappa shape index (κ2) is 16.7. The SMILES string of the molecule is Fc1c(F)c(F)c([B-](c2c(F)c(F)c(F)c(F)c2F)(c2c(F)c(F)c(F)c(F)c2F)c2c(F)c(F)c(F)c(F)c2F)c(F)c1F.c1ccc2c(c1)sc[n+]2OC1CCCCC1. The van der Waals surface area contributed by atoms with Crippen LogP contribution in [0, 0.1) is 116 Å². The Bertz CT molecular complexity index is 2360. The lowest BCUT2D eigenvalue weighted by atomic mass is 9.12. The van der Waals surface area contributed by atoms with Crippen molar-refractivity contribution in [1.82, 2.24) is 0 Å². The number of rotatable bonds is 6. The Labute approximate surface area is 331 Å². The summed E-state index contributed by atoms with van der Waals surface area (Å²) in [6.07, 6.45) is -0.397. The predicted octanol–water partition coefficient (Wildman–Crippen LogP) is 8.80. The fourth-order valence-corrected chi connectivity index (χ4v) is 8.00. The molecule has 1 heterocycles. The van der Waals surface area contributed by atoms with Crippen LogP contribution in [-0.2, 0) is 0 Å². The molecule has 0 bridgehead atoms. The summed E-state index contributed by atoms with van der Waals surface area (Å²) in [5.41, 5.74) is -11.1. The van der Waals surface area contributed by atoms with Gasteiger partial charge in [0.1, 0.15) is 57.4 Å². The molecule has 1 aliphatic rings. The van der Waals surface area contributed by atoms with Gasteiger partial charge in [-0.15, -0.1) is 21.9 Å². The Hall–Kier alpha value is -5.55. The van der Waals surface area contributed by atoms with Crippen molar-refractivity contribution in [3.05, 3.63) is 146 Å². The van der Waals surface area contributed by atoms with E-state index in [4.69, 9.17) is 4.84 Å². The van der Waals surface area contributed by atoms with Crippen LogP contribution in [0.3, 0.4) is 0 Å². The van der Waals surface area contributed by atoms with Crippen molar-refractivity contribution in [2.24, 2.45) is 0 Å². The third kappa shape index (κ3) is 6.99. The molecule has 0 aliphatic heterocycles. The van der Waals surface area contributed by atoms with Gasteiger partial charge in [0.2, 0.25) is 0 Å². The van der Waals surface area contributed by atoms with E-state index in [0.29, 0.717) is 6.10 Å². The summed E-state index contributed by atoms with van der Waals surface area (Å²) < 4.78 is 297. The quantitative estimate of drug-likeness (QED) is 0.0536. The summed E-state index contributed by atoms with van der Waals surface area (Å²) in [6, 6.07) is 8.40. The summed E-state index contributed by atoms with van der Waals surface area (Å²) >= 11 is 1.74. The Morgan fingerprint density at radius 3 is 0.984 bits per heavy atom. The molecular weight excluding hydrogens is 897 g/mol. The Morgan fingerprint density at radius 2 is 0.672 bits per heavy atom. The van der Waals surface area contributed by atoms with Crippen LogP contribution < -0.4 is 31.4 Å². The molecule has 0 amide bonds. The van der Waals surface area contributed by atoms with E-state index in [9.17, 15) is 52.7 Å². The minimum absolute atomic E-state index is 0.414. The summed E-state index contributed by atoms with van der Waals surface area (Å²) in [5.74, 6) is -71.4. The van der Waals surface area contributed by atoms with Crippen molar-refractivity contribution in [3.8, 4) is 0 Å². The van der Waals surface area contributed by atoms with Crippen molar-refractivity contribution in [2.45, 2.75) is 38.2 Å². The summed E-state index contributed by atoms with van der Waals surface area (Å²) in [7, 11) is 0. The maximum absolute atomic E-state index is 15.4. The second-order valence-corrected chi connectivity index (χ2v) is 14.1. The standard InChI is InChI=1S/C24BF20.C13H16NOS/c26-5-1(6(27)14(35)21(42)13(5)34)25(2-7(28)15(36)22(43)16(37)8(2)29,3-9(30)17(38)23(44)18(39)10(3)31)4-11(32)19(40)24(45)20(41)12(4)33;1-2-6-11(7-3-1)15-14-10-16-13-9-5-4-8-12(13)14/h;4-5,8-11H,1-3,6-7H2/q-1;+1. The van der Waals surface area contributed by atoms with Crippen molar-refractivity contribution < 1.29 is 97.4 Å². The van der Waals surface area contributed by atoms with Crippen LogP contribution in [0.25, 0.3) is 10.2 Å². The van der Waals surface area contributed by atoms with Gasteiger partial charge in [-0.25, -0.2) is 87.8 Å². The molecule has 6 aromatic rings. The number of aromatic nitrogens is 1. The zero-order valence-corrected chi connectivity index (χ0v) is 30.2. The van der Waals surface area contributed by atoms with Gasteiger partial charge in [-0.05, 0) is 31.7 Å². The number of hydrogen-bond donors (Lipinski definition) is 0. The number of hydrogen-bond acceptors (Lipinski definition) is 2. The molecule has 0 saturated heterocycles. The van der Waals surface area contributed by atoms with Gasteiger partial charge in [0.05, 0.1) is 0 Å². The first-order valence-electron chi connectivity index (χ1n) is 16.9. The molecule has 1 fully saturated rings. The fraction of sp³-hybridized carbons (Fsp3) is 0.162. The molecule has 0 radical (unpaired) electrons. The average molecular weight is 913 g/mol. The molecule has 0 spiro atoms. The molecule has 61 heavy (non-hydrogen) atoms. The van der Waals surface area contributed by atoms with Gasteiger partial charge in [-0.2, -0.15) is 0 Å². The Balaban J connectivity index is 0.000000321. The third-order valence-corrected chi connectivity index (χ3v) is 10.8. The summed E-state index contributed by atoms with van der Waals surface area (Å²) in [5, 5.41) is 0. The van der Waals surface area contributed by atoms with Gasteiger partial charge in [0.15, 0.2) is 75.9 Å². The van der Waals surface area contributed by atoms with Crippen LogP contribution in [0.2, 0.25) is 0 Å². The molecule has 7 rings (SSSR count). The zero-order chi connectivity index (χ0) is 45.2. The molecule has 5 aromatic carbocycles. The molecular formula is C37H16BF20NOS. The Kier molecular flexibility index (Phi) is 12.3. The highest BCUT2D eigenvalue weighted by Crippen LogP contribution is 2.31. The van der Waals surface area contributed by atoms with Crippen molar-refractivity contribution >= 4 is 49.6 Å². The van der Waals surface area contributed by atoms with E-state index in [1.807, 2.05) is 4.73 Å². The van der Waals surface area contributed by atoms with Gasteiger partial charge in [-0.1, -0.05) is 29.9 Å². The number of nitrogens with zero attached hydrogens (tertiary/aromatic N) is 1. The molecule has 324 valence electrons. The van der Waals surface area contributed by atoms with Crippen LogP contribution in [0.1, 0.15) is 32.1 Å². The number of thiazole rings is 1. The smallest absolute Gasteiger partial charge is 0.267 e. The van der Waals surface area contributed by atoms with Crippen molar-refractivity contribution in [2.75, 3.05) is 0 Å². The zero-order valence-electron chi connectivity index (χ0n) is 29.4. The average Bonchev–Trinajstić information content (AvgIpc) is 3.66. The van der Waals surface area contributed by atoms with Crippen LogP contribution in [0.15, 0.2) is 29.8 Å². The van der Waals surface area contributed by atoms with Gasteiger partial charge >= 0.3 is 0 Å². The van der Waals surface area contributed by atoms with Crippen LogP contribution >= 0.6 is 11.3 Å². The molecule has 1 aromatic heterocycles. The summed E-state index contributed by atoms with van der Waals surface area (Å²) in [4.78, 5) is 6.04. The number of para-hydroxylation sites is 1. The maximum Gasteiger partial charge on any atom is 0.278 e. The molecule has 0 unspecified atom stereocenters. The first kappa shape index (κ1) is 45.0. The third-order valence-electron chi connectivity index (χ3n) is 9.90. The maximum atomic E-state index is 15.4. The lowest BCUT2D eigenvalue weighted by molar-refractivity contribution is -0.877. The van der Waals surface area contributed by atoms with Crippen molar-refractivity contribution in [1.29, 1.82) is 0 Å². The lowest BCUT2D eigenvalue weighted by Crippen LogP contribution is -2.81. The topological polar surface area (TPSA) is 13.1 Å². The number of fused-ring (bicyclic) bond motifs is 1. The largest absolute Gasteiger partial charge is 0.278 e. The van der Waals surface area contributed by atoms with E-state index in [1.54, 1.807) is 11.3 Å². The minimum Gasteiger partial charge on any atom is -0.267 e. The molecule has 1 saturated carbocycles. The molecule has 24 heteroatoms. The minimum atomic E-state index is -7.22. The van der Waals surface area contributed by atoms with Gasteiger partial charge in [0, 0.05) is 10.8 Å². The highest BCUT2D eigenvalue weighted by Gasteiger charge is 2.52. The van der Waals surface area contributed by atoms with Crippen LogP contribution in [-0.4, -0.2) is 12.2 Å². The van der Waals surface area contributed by atoms with Gasteiger partial charge in [0.25, 0.3) is 11.0 Å². The van der Waals surface area contributed by atoms with Gasteiger partial charge in [-0.3, -0.25) is 4.84 Å². The van der Waals surface area contributed by atoms with E-state index in [1.165, 1.54) is 42.3 Å². The van der Waals surface area contributed by atoms with E-state index in [-0.39, 0.29) is 0 Å². The number of halogens is 20. The molecule has 0 atom stereocenters. The first-order valence-corrected chi connectivity index (χ1v) is 17.8. The summed E-state index contributed by atoms with van der Waals surface area (Å²) in [6.45, 7) is 0. The fourth-order valence-electron chi connectivity index (χ4n) is 7.19. The van der Waals surface area contributed by atoms with Crippen molar-refractivity contribution in [3.63, 3.8) is 0 Å². The van der Waals surface area contributed by atoms with E-state index < -0.39 is 144 Å². The highest BCUT2D eigenvalue weighted by atomic mass is 32.1. The van der Waals surface area contributed by atoms with E-state index in [0.717, 1.165) is 0 Å². The monoisotopic (exact) mass is 913 g/mol. The molecule has 0 N–H and O–H groups in total. The highest BCUT2D eigenvalue weighted by molar-refractivity contribution is 7.20. The molecule has 1 aliphatic carbocycles. The van der Waals surface area contributed by atoms with E-state index in [2.05, 4.69) is 29.8 Å².